The summed E-state index contributed by atoms with van der Waals surface area (Å²) in [6, 6.07) is 3.75. The molecule has 1 aromatic heterocycles. The number of nitrogens with one attached hydrogen (secondary N) is 2. The number of rotatable bonds is 6. The fraction of sp³-hybridized carbons (Fsp3) is 0.545. The Balaban J connectivity index is 1.42. The Bertz CT molecular complexity index is 855. The molecule has 2 aromatic rings. The van der Waals surface area contributed by atoms with Crippen LogP contribution >= 0.6 is 0 Å². The number of likely N-dealkylation sites (tertiary alicyclic amines) is 1. The normalized spacial score (nSPS) is 17.2. The lowest BCUT2D eigenvalue weighted by Gasteiger charge is -2.31. The summed E-state index contributed by atoms with van der Waals surface area (Å²) in [4.78, 5) is 11.1. The van der Waals surface area contributed by atoms with E-state index >= 15 is 0 Å². The number of aliphatic imine (C=N–C) groups is 1. The maximum atomic E-state index is 13.5. The quantitative estimate of drug-likeness (QED) is 0.552. The summed E-state index contributed by atoms with van der Waals surface area (Å²) in [5.74, 6) is 1.20. The van der Waals surface area contributed by atoms with Crippen molar-refractivity contribution in [2.24, 2.45) is 10.9 Å². The van der Waals surface area contributed by atoms with Crippen LogP contribution in [0.3, 0.4) is 0 Å². The van der Waals surface area contributed by atoms with Gasteiger partial charge in [-0.15, -0.1) is 0 Å². The van der Waals surface area contributed by atoms with Gasteiger partial charge in [0, 0.05) is 13.6 Å². The zero-order valence-electron chi connectivity index (χ0n) is 18.1. The summed E-state index contributed by atoms with van der Waals surface area (Å²) in [6.45, 7) is 9.38. The first kappa shape index (κ1) is 22.2. The first-order valence-corrected chi connectivity index (χ1v) is 10.4. The van der Waals surface area contributed by atoms with E-state index in [1.807, 2.05) is 20.8 Å². The van der Waals surface area contributed by atoms with Crippen LogP contribution in [0.15, 0.2) is 27.6 Å². The number of halogens is 2. The van der Waals surface area contributed by atoms with Gasteiger partial charge in [0.25, 0.3) is 0 Å². The van der Waals surface area contributed by atoms with Crippen molar-refractivity contribution in [3.8, 4) is 0 Å². The Morgan fingerprint density at radius 1 is 1.27 bits per heavy atom. The second-order valence-corrected chi connectivity index (χ2v) is 7.96. The van der Waals surface area contributed by atoms with Crippen LogP contribution in [0, 0.1) is 31.4 Å². The van der Waals surface area contributed by atoms with E-state index in [4.69, 9.17) is 4.42 Å². The van der Waals surface area contributed by atoms with Gasteiger partial charge in [0.2, 0.25) is 5.89 Å². The highest BCUT2D eigenvalue weighted by molar-refractivity contribution is 5.80. The number of aryl methyl sites for hydroxylation is 2. The lowest BCUT2D eigenvalue weighted by atomic mass is 9.97. The van der Waals surface area contributed by atoms with Gasteiger partial charge >= 0.3 is 0 Å². The smallest absolute Gasteiger partial charge is 0.208 e. The molecule has 1 unspecified atom stereocenters. The Morgan fingerprint density at radius 2 is 2.00 bits per heavy atom. The Labute approximate surface area is 176 Å². The number of hydrogen-bond donors (Lipinski definition) is 2. The van der Waals surface area contributed by atoms with Gasteiger partial charge in [-0.3, -0.25) is 9.89 Å². The molecule has 2 N–H and O–H groups in total. The van der Waals surface area contributed by atoms with E-state index in [9.17, 15) is 8.78 Å². The largest absolute Gasteiger partial charge is 0.444 e. The highest BCUT2D eigenvalue weighted by Gasteiger charge is 2.21. The zero-order chi connectivity index (χ0) is 21.7. The number of guanidine groups is 1. The third-order valence-electron chi connectivity index (χ3n) is 5.72. The average molecular weight is 420 g/mol. The van der Waals surface area contributed by atoms with Gasteiger partial charge in [-0.05, 0) is 70.3 Å². The molecule has 2 heterocycles. The Morgan fingerprint density at radius 3 is 2.60 bits per heavy atom. The van der Waals surface area contributed by atoms with Gasteiger partial charge in [0.15, 0.2) is 17.6 Å². The summed E-state index contributed by atoms with van der Waals surface area (Å²) < 4.78 is 32.3. The minimum Gasteiger partial charge on any atom is -0.444 e. The monoisotopic (exact) mass is 419 g/mol. The van der Waals surface area contributed by atoms with Crippen molar-refractivity contribution in [1.82, 2.24) is 20.5 Å². The van der Waals surface area contributed by atoms with Crippen molar-refractivity contribution in [2.45, 2.75) is 46.2 Å². The molecule has 0 aliphatic carbocycles. The predicted octanol–water partition coefficient (Wildman–Crippen LogP) is 3.71. The summed E-state index contributed by atoms with van der Waals surface area (Å²) in [6.07, 6.45) is 2.17. The topological polar surface area (TPSA) is 65.7 Å². The summed E-state index contributed by atoms with van der Waals surface area (Å²) >= 11 is 0. The van der Waals surface area contributed by atoms with Crippen LogP contribution in [0.4, 0.5) is 8.78 Å². The van der Waals surface area contributed by atoms with E-state index in [0.29, 0.717) is 17.4 Å². The highest BCUT2D eigenvalue weighted by atomic mass is 19.2. The van der Waals surface area contributed by atoms with Gasteiger partial charge in [0.1, 0.15) is 5.76 Å². The van der Waals surface area contributed by atoms with Crippen LogP contribution in [0.2, 0.25) is 0 Å². The van der Waals surface area contributed by atoms with E-state index in [2.05, 4.69) is 25.5 Å². The first-order valence-electron chi connectivity index (χ1n) is 10.4. The van der Waals surface area contributed by atoms with Gasteiger partial charge in [-0.25, -0.2) is 13.8 Å². The van der Waals surface area contributed by atoms with Gasteiger partial charge in [-0.2, -0.15) is 0 Å². The molecule has 30 heavy (non-hydrogen) atoms. The van der Waals surface area contributed by atoms with E-state index in [0.717, 1.165) is 62.4 Å². The van der Waals surface area contributed by atoms with Crippen LogP contribution in [0.25, 0.3) is 0 Å². The van der Waals surface area contributed by atoms with E-state index in [-0.39, 0.29) is 6.04 Å². The lowest BCUT2D eigenvalue weighted by molar-refractivity contribution is 0.164. The van der Waals surface area contributed by atoms with Crippen molar-refractivity contribution >= 4 is 5.96 Å². The van der Waals surface area contributed by atoms with Crippen LogP contribution in [-0.2, 0) is 6.54 Å². The third-order valence-corrected chi connectivity index (χ3v) is 5.72. The molecule has 3 rings (SSSR count). The molecule has 1 aliphatic heterocycles. The molecule has 1 saturated heterocycles. The molecule has 0 radical (unpaired) electrons. The summed E-state index contributed by atoms with van der Waals surface area (Å²) in [7, 11) is 1.70. The Kier molecular flexibility index (Phi) is 7.42. The van der Waals surface area contributed by atoms with Gasteiger partial charge in [0.05, 0.1) is 18.3 Å². The van der Waals surface area contributed by atoms with Crippen molar-refractivity contribution in [2.75, 3.05) is 26.7 Å². The van der Waals surface area contributed by atoms with E-state index in [1.54, 1.807) is 13.1 Å². The SMILES string of the molecule is CN=C(NCC1CCN(Cc2nc(C)c(C)o2)CC1)NC(C)c1ccc(F)c(F)c1. The van der Waals surface area contributed by atoms with E-state index < -0.39 is 11.6 Å². The van der Waals surface area contributed by atoms with E-state index in [1.165, 1.54) is 6.07 Å². The molecule has 164 valence electrons. The van der Waals surface area contributed by atoms with Gasteiger partial charge in [-0.1, -0.05) is 6.07 Å². The van der Waals surface area contributed by atoms with Crippen LogP contribution in [0.1, 0.15) is 48.7 Å². The molecule has 1 fully saturated rings. The number of benzene rings is 1. The summed E-state index contributed by atoms with van der Waals surface area (Å²) in [5, 5.41) is 6.60. The van der Waals surface area contributed by atoms with Gasteiger partial charge < -0.3 is 15.1 Å². The number of nitrogens with zero attached hydrogens (tertiary/aromatic N) is 3. The van der Waals surface area contributed by atoms with Crippen molar-refractivity contribution in [3.63, 3.8) is 0 Å². The predicted molar refractivity (Wildman–Crippen MR) is 113 cm³/mol. The van der Waals surface area contributed by atoms with Crippen LogP contribution in [-0.4, -0.2) is 42.5 Å². The molecule has 0 bridgehead atoms. The average Bonchev–Trinajstić information content (AvgIpc) is 3.05. The zero-order valence-corrected chi connectivity index (χ0v) is 18.1. The number of oxazole rings is 1. The fourth-order valence-corrected chi connectivity index (χ4v) is 3.65. The van der Waals surface area contributed by atoms with Crippen molar-refractivity contribution < 1.29 is 13.2 Å². The lowest BCUT2D eigenvalue weighted by Crippen LogP contribution is -2.43. The highest BCUT2D eigenvalue weighted by Crippen LogP contribution is 2.20. The Hall–Kier alpha value is -2.48. The maximum absolute atomic E-state index is 13.5. The molecule has 8 heteroatoms. The fourth-order valence-electron chi connectivity index (χ4n) is 3.65. The second kappa shape index (κ2) is 10.0. The molecule has 6 nitrogen and oxygen atoms in total. The molecular formula is C22H31F2N5O. The van der Waals surface area contributed by atoms with Crippen LogP contribution in [0.5, 0.6) is 0 Å². The molecule has 1 atom stereocenters. The molecule has 0 spiro atoms. The number of hydrogen-bond acceptors (Lipinski definition) is 4. The summed E-state index contributed by atoms with van der Waals surface area (Å²) in [5.41, 5.74) is 1.63. The number of aromatic nitrogens is 1. The molecule has 1 aliphatic rings. The minimum absolute atomic E-state index is 0.194. The second-order valence-electron chi connectivity index (χ2n) is 7.96. The van der Waals surface area contributed by atoms with Crippen molar-refractivity contribution in [1.29, 1.82) is 0 Å². The molecular weight excluding hydrogens is 388 g/mol. The molecule has 0 amide bonds. The van der Waals surface area contributed by atoms with Crippen molar-refractivity contribution in [3.05, 3.63) is 52.7 Å². The molecule has 0 saturated carbocycles. The third kappa shape index (κ3) is 5.78. The first-order chi connectivity index (χ1) is 14.4. The molecule has 1 aromatic carbocycles. The standard InChI is InChI=1S/C22H31F2N5O/c1-14-16(3)30-21(27-14)13-29-9-7-17(8-10-29)12-26-22(25-4)28-15(2)18-5-6-19(23)20(24)11-18/h5-6,11,15,17H,7-10,12-13H2,1-4H3,(H2,25,26,28). The maximum Gasteiger partial charge on any atom is 0.208 e. The minimum atomic E-state index is -0.842. The van der Waals surface area contributed by atoms with Crippen LogP contribution < -0.4 is 10.6 Å². The number of piperidine rings is 1.